The fourth-order valence-corrected chi connectivity index (χ4v) is 6.36. The summed E-state index contributed by atoms with van der Waals surface area (Å²) in [5.74, 6) is 2.22. The summed E-state index contributed by atoms with van der Waals surface area (Å²) in [5.41, 5.74) is 5.16. The van der Waals surface area contributed by atoms with Crippen LogP contribution in [0, 0.1) is 17.3 Å². The molecule has 1 aromatic rings. The van der Waals surface area contributed by atoms with Crippen molar-refractivity contribution in [3.05, 3.63) is 40.5 Å². The van der Waals surface area contributed by atoms with Crippen LogP contribution in [-0.2, 0) is 16.0 Å². The van der Waals surface area contributed by atoms with E-state index in [-0.39, 0.29) is 11.4 Å². The Labute approximate surface area is 156 Å². The van der Waals surface area contributed by atoms with Crippen molar-refractivity contribution in [2.45, 2.75) is 65.2 Å². The second-order valence-electron chi connectivity index (χ2n) is 8.62. The van der Waals surface area contributed by atoms with Crippen LogP contribution in [0.25, 0.3) is 0 Å². The molecule has 4 atom stereocenters. The number of esters is 1. The first-order valence-corrected chi connectivity index (χ1v) is 10.1. The summed E-state index contributed by atoms with van der Waals surface area (Å²) in [6.07, 6.45) is 6.81. The second-order valence-corrected chi connectivity index (χ2v) is 8.62. The van der Waals surface area contributed by atoms with Crippen LogP contribution < -0.4 is 0 Å². The highest BCUT2D eigenvalue weighted by atomic mass is 16.5. The predicted molar refractivity (Wildman–Crippen MR) is 102 cm³/mol. The van der Waals surface area contributed by atoms with Gasteiger partial charge in [0.1, 0.15) is 5.75 Å². The van der Waals surface area contributed by atoms with E-state index in [9.17, 15) is 9.90 Å². The minimum Gasteiger partial charge on any atom is -0.508 e. The lowest BCUT2D eigenvalue weighted by Gasteiger charge is -2.49. The van der Waals surface area contributed by atoms with E-state index in [1.165, 1.54) is 36.0 Å². The second kappa shape index (κ2) is 6.44. The molecule has 0 spiro atoms. The van der Waals surface area contributed by atoms with Crippen molar-refractivity contribution in [2.75, 3.05) is 6.61 Å². The summed E-state index contributed by atoms with van der Waals surface area (Å²) in [6, 6.07) is 5.96. The number of ether oxygens (including phenoxy) is 1. The van der Waals surface area contributed by atoms with E-state index in [0.717, 1.165) is 24.8 Å². The van der Waals surface area contributed by atoms with Crippen molar-refractivity contribution in [1.82, 2.24) is 0 Å². The van der Waals surface area contributed by atoms with Gasteiger partial charge >= 0.3 is 5.97 Å². The van der Waals surface area contributed by atoms with E-state index >= 15 is 0 Å². The zero-order valence-electron chi connectivity index (χ0n) is 16.2. The number of phenols is 1. The van der Waals surface area contributed by atoms with Crippen molar-refractivity contribution >= 4 is 5.97 Å². The van der Waals surface area contributed by atoms with Crippen LogP contribution in [0.5, 0.6) is 5.75 Å². The van der Waals surface area contributed by atoms with E-state index in [4.69, 9.17) is 4.74 Å². The molecule has 4 rings (SSSR count). The third-order valence-corrected chi connectivity index (χ3v) is 7.53. The van der Waals surface area contributed by atoms with Crippen molar-refractivity contribution in [1.29, 1.82) is 0 Å². The van der Waals surface area contributed by atoms with Crippen LogP contribution in [0.2, 0.25) is 0 Å². The van der Waals surface area contributed by atoms with E-state index in [1.807, 2.05) is 26.0 Å². The summed E-state index contributed by atoms with van der Waals surface area (Å²) in [7, 11) is 0. The Kier molecular flexibility index (Phi) is 4.37. The highest BCUT2D eigenvalue weighted by Crippen LogP contribution is 2.63. The molecular formula is C23H30O3. The van der Waals surface area contributed by atoms with E-state index < -0.39 is 0 Å². The number of rotatable bonds is 2. The highest BCUT2D eigenvalue weighted by molar-refractivity contribution is 5.89. The lowest BCUT2D eigenvalue weighted by atomic mass is 9.55. The topological polar surface area (TPSA) is 46.5 Å². The van der Waals surface area contributed by atoms with E-state index in [1.54, 1.807) is 0 Å². The number of phenolic OH excluding ortho intramolecular Hbond substituents is 1. The van der Waals surface area contributed by atoms with E-state index in [0.29, 0.717) is 30.1 Å². The maximum absolute atomic E-state index is 12.3. The summed E-state index contributed by atoms with van der Waals surface area (Å²) in [5, 5.41) is 9.82. The molecule has 0 aromatic heterocycles. The molecule has 3 aliphatic carbocycles. The van der Waals surface area contributed by atoms with Gasteiger partial charge in [-0.1, -0.05) is 18.6 Å². The molecule has 140 valence electrons. The van der Waals surface area contributed by atoms with Crippen LogP contribution in [0.3, 0.4) is 0 Å². The number of aromatic hydroxyl groups is 1. The fraction of sp³-hybridized carbons (Fsp3) is 0.609. The molecule has 0 saturated heterocycles. The Morgan fingerprint density at radius 2 is 2.08 bits per heavy atom. The molecule has 3 heteroatoms. The Morgan fingerprint density at radius 3 is 2.85 bits per heavy atom. The average molecular weight is 354 g/mol. The summed E-state index contributed by atoms with van der Waals surface area (Å²) in [6.45, 7) is 6.67. The number of hydrogen-bond donors (Lipinski definition) is 1. The summed E-state index contributed by atoms with van der Waals surface area (Å²) in [4.78, 5) is 12.3. The molecule has 1 N–H and O–H groups in total. The molecule has 3 aliphatic rings. The maximum atomic E-state index is 12.3. The van der Waals surface area contributed by atoms with Gasteiger partial charge in [-0.15, -0.1) is 0 Å². The van der Waals surface area contributed by atoms with E-state index in [2.05, 4.69) is 13.0 Å². The molecule has 0 bridgehead atoms. The first kappa shape index (κ1) is 17.6. The van der Waals surface area contributed by atoms with Crippen LogP contribution in [-0.4, -0.2) is 17.7 Å². The van der Waals surface area contributed by atoms with Crippen molar-refractivity contribution < 1.29 is 14.6 Å². The Bertz CT molecular complexity index is 763. The van der Waals surface area contributed by atoms with Gasteiger partial charge in [-0.2, -0.15) is 0 Å². The van der Waals surface area contributed by atoms with Gasteiger partial charge in [-0.3, -0.25) is 0 Å². The molecule has 0 aliphatic heterocycles. The van der Waals surface area contributed by atoms with Gasteiger partial charge in [0.25, 0.3) is 0 Å². The normalized spacial score (nSPS) is 34.5. The molecule has 3 nitrogen and oxygen atoms in total. The fourth-order valence-electron chi connectivity index (χ4n) is 6.36. The van der Waals surface area contributed by atoms with Gasteiger partial charge in [-0.05, 0) is 98.8 Å². The quantitative estimate of drug-likeness (QED) is 0.592. The van der Waals surface area contributed by atoms with Crippen molar-refractivity contribution in [3.63, 3.8) is 0 Å². The first-order valence-electron chi connectivity index (χ1n) is 10.1. The van der Waals surface area contributed by atoms with Gasteiger partial charge in [0.2, 0.25) is 0 Å². The smallest absolute Gasteiger partial charge is 0.333 e. The number of benzene rings is 1. The number of allylic oxidation sites excluding steroid dienone is 1. The van der Waals surface area contributed by atoms with Gasteiger partial charge in [0, 0.05) is 5.57 Å². The van der Waals surface area contributed by atoms with Crippen molar-refractivity contribution in [2.24, 2.45) is 17.3 Å². The summed E-state index contributed by atoms with van der Waals surface area (Å²) < 4.78 is 5.28. The van der Waals surface area contributed by atoms with Crippen LogP contribution >= 0.6 is 0 Å². The Morgan fingerprint density at radius 1 is 1.27 bits per heavy atom. The van der Waals surface area contributed by atoms with Crippen LogP contribution in [0.15, 0.2) is 29.3 Å². The predicted octanol–water partition coefficient (Wildman–Crippen LogP) is 5.13. The minimum atomic E-state index is -0.129. The molecular weight excluding hydrogens is 324 g/mol. The third kappa shape index (κ3) is 2.59. The van der Waals surface area contributed by atoms with Crippen LogP contribution in [0.4, 0.5) is 0 Å². The van der Waals surface area contributed by atoms with Gasteiger partial charge in [0.15, 0.2) is 0 Å². The van der Waals surface area contributed by atoms with Crippen molar-refractivity contribution in [3.8, 4) is 5.75 Å². The molecule has 0 heterocycles. The highest BCUT2D eigenvalue weighted by Gasteiger charge is 2.53. The average Bonchev–Trinajstić information content (AvgIpc) is 2.98. The largest absolute Gasteiger partial charge is 0.508 e. The number of carbonyl (C=O) groups excluding carboxylic acids is 1. The summed E-state index contributed by atoms with van der Waals surface area (Å²) >= 11 is 0. The molecule has 2 saturated carbocycles. The maximum Gasteiger partial charge on any atom is 0.333 e. The first-order chi connectivity index (χ1) is 12.5. The molecule has 0 amide bonds. The number of carbonyl (C=O) groups is 1. The Hall–Kier alpha value is -1.77. The SMILES string of the molecule is CCOC(=O)/C(C)=C1\CCC2C3CCc4cc(O)ccc4C3CC[C@]12C. The number of aryl methyl sites for hydroxylation is 1. The lowest BCUT2D eigenvalue weighted by Crippen LogP contribution is -2.40. The molecule has 1 aromatic carbocycles. The van der Waals surface area contributed by atoms with Gasteiger partial charge in [0.05, 0.1) is 6.61 Å². The monoisotopic (exact) mass is 354 g/mol. The number of hydrogen-bond acceptors (Lipinski definition) is 3. The molecule has 2 fully saturated rings. The molecule has 26 heavy (non-hydrogen) atoms. The van der Waals surface area contributed by atoms with Gasteiger partial charge in [-0.25, -0.2) is 4.79 Å². The third-order valence-electron chi connectivity index (χ3n) is 7.53. The zero-order valence-corrected chi connectivity index (χ0v) is 16.2. The Balaban J connectivity index is 1.66. The molecule has 0 radical (unpaired) electrons. The standard InChI is InChI=1S/C23H30O3/c1-4-26-22(25)14(2)20-9-10-21-19-7-5-15-13-16(24)6-8-17(15)18(19)11-12-23(20,21)3/h6,8,13,18-19,21,24H,4-5,7,9-12H2,1-3H3/b20-14+/t18?,19?,21?,23-/m1/s1. The lowest BCUT2D eigenvalue weighted by molar-refractivity contribution is -0.138. The number of fused-ring (bicyclic) bond motifs is 5. The van der Waals surface area contributed by atoms with Crippen LogP contribution in [0.1, 0.15) is 69.9 Å². The van der Waals surface area contributed by atoms with Gasteiger partial charge < -0.3 is 9.84 Å². The zero-order chi connectivity index (χ0) is 18.5. The molecule has 3 unspecified atom stereocenters. The minimum absolute atomic E-state index is 0.129.